The second kappa shape index (κ2) is 9.91. The maximum absolute atomic E-state index is 14.2. The lowest BCUT2D eigenvalue weighted by molar-refractivity contribution is 0.0502. The molecule has 1 atom stereocenters. The number of aromatic amines is 1. The molecule has 0 aliphatic carbocycles. The number of pyridine rings is 2. The van der Waals surface area contributed by atoms with Gasteiger partial charge in [-0.1, -0.05) is 30.3 Å². The summed E-state index contributed by atoms with van der Waals surface area (Å²) < 4.78 is 5.88. The van der Waals surface area contributed by atoms with E-state index in [9.17, 15) is 9.59 Å². The molecule has 1 aliphatic rings. The Kier molecular flexibility index (Phi) is 6.16. The third kappa shape index (κ3) is 4.71. The topological polar surface area (TPSA) is 101 Å². The van der Waals surface area contributed by atoms with Gasteiger partial charge in [-0.05, 0) is 49.2 Å². The highest BCUT2D eigenvalue weighted by Crippen LogP contribution is 2.27. The molecule has 1 unspecified atom stereocenters. The number of hydrogen-bond acceptors (Lipinski definition) is 6. The van der Waals surface area contributed by atoms with E-state index in [0.29, 0.717) is 41.1 Å². The lowest BCUT2D eigenvalue weighted by Crippen LogP contribution is -2.38. The average molecular weight is 492 g/mol. The van der Waals surface area contributed by atoms with Crippen LogP contribution in [0.5, 0.6) is 0 Å². The van der Waals surface area contributed by atoms with Crippen molar-refractivity contribution in [3.8, 4) is 11.3 Å². The van der Waals surface area contributed by atoms with Crippen molar-refractivity contribution in [2.45, 2.75) is 25.5 Å². The number of carbonyl (C=O) groups excluding carboxylic acids is 1. The van der Waals surface area contributed by atoms with E-state index in [4.69, 9.17) is 9.72 Å². The molecule has 37 heavy (non-hydrogen) atoms. The second-order valence-electron chi connectivity index (χ2n) is 9.16. The first-order valence-electron chi connectivity index (χ1n) is 12.3. The number of nitrogens with zero attached hydrogens (tertiary/aromatic N) is 4. The fraction of sp³-hybridized carbons (Fsp3) is 0.207. The van der Waals surface area contributed by atoms with Gasteiger partial charge < -0.3 is 14.6 Å². The van der Waals surface area contributed by atoms with E-state index >= 15 is 0 Å². The molecule has 4 heterocycles. The Morgan fingerprint density at radius 1 is 0.973 bits per heavy atom. The van der Waals surface area contributed by atoms with Crippen LogP contribution in [0.2, 0.25) is 0 Å². The predicted molar refractivity (Wildman–Crippen MR) is 141 cm³/mol. The molecular formula is C29H25N5O3. The highest BCUT2D eigenvalue weighted by molar-refractivity contribution is 6.07. The lowest BCUT2D eigenvalue weighted by Gasteiger charge is -2.26. The normalized spacial score (nSPS) is 15.3. The van der Waals surface area contributed by atoms with Crippen LogP contribution in [0, 0.1) is 0 Å². The lowest BCUT2D eigenvalue weighted by atomic mass is 10.0. The van der Waals surface area contributed by atoms with E-state index in [-0.39, 0.29) is 24.1 Å². The summed E-state index contributed by atoms with van der Waals surface area (Å²) in [6.45, 7) is 1.23. The summed E-state index contributed by atoms with van der Waals surface area (Å²) in [6.07, 6.45) is 5.19. The number of nitrogens with one attached hydrogen (secondary N) is 1. The van der Waals surface area contributed by atoms with Gasteiger partial charge in [0.05, 0.1) is 40.3 Å². The molecule has 1 aliphatic heterocycles. The Balaban J connectivity index is 1.43. The van der Waals surface area contributed by atoms with Gasteiger partial charge in [0.15, 0.2) is 0 Å². The maximum atomic E-state index is 14.2. The van der Waals surface area contributed by atoms with E-state index in [1.807, 2.05) is 48.5 Å². The third-order valence-corrected chi connectivity index (χ3v) is 6.66. The molecule has 184 valence electrons. The smallest absolute Gasteiger partial charge is 0.258 e. The van der Waals surface area contributed by atoms with Gasteiger partial charge in [0.1, 0.15) is 5.82 Å². The van der Waals surface area contributed by atoms with Crippen molar-refractivity contribution < 1.29 is 9.53 Å². The number of ether oxygens (including phenoxy) is 1. The van der Waals surface area contributed by atoms with Crippen molar-refractivity contribution in [1.82, 2.24) is 24.8 Å². The van der Waals surface area contributed by atoms with Crippen LogP contribution in [0.4, 0.5) is 0 Å². The zero-order chi connectivity index (χ0) is 25.2. The molecule has 5 aromatic rings. The molecule has 0 spiro atoms. The van der Waals surface area contributed by atoms with Gasteiger partial charge in [0.2, 0.25) is 0 Å². The highest BCUT2D eigenvalue weighted by atomic mass is 16.5. The molecule has 0 bridgehead atoms. The first kappa shape index (κ1) is 23.0. The van der Waals surface area contributed by atoms with Crippen LogP contribution in [0.1, 0.15) is 29.0 Å². The molecular weight excluding hydrogens is 466 g/mol. The largest absolute Gasteiger partial charge is 0.376 e. The van der Waals surface area contributed by atoms with Crippen LogP contribution < -0.4 is 5.56 Å². The Labute approximate surface area is 213 Å². The molecule has 1 amide bonds. The van der Waals surface area contributed by atoms with E-state index in [2.05, 4.69) is 15.0 Å². The van der Waals surface area contributed by atoms with Crippen LogP contribution in [0.3, 0.4) is 0 Å². The molecule has 8 nitrogen and oxygen atoms in total. The number of amides is 1. The summed E-state index contributed by atoms with van der Waals surface area (Å²) in [5.74, 6) is 0.267. The van der Waals surface area contributed by atoms with Crippen LogP contribution in [-0.4, -0.2) is 50.0 Å². The van der Waals surface area contributed by atoms with Crippen LogP contribution in [0.15, 0.2) is 83.9 Å². The number of fused-ring (bicyclic) bond motifs is 2. The van der Waals surface area contributed by atoms with Gasteiger partial charge in [-0.3, -0.25) is 14.6 Å². The van der Waals surface area contributed by atoms with Crippen molar-refractivity contribution in [2.75, 3.05) is 13.2 Å². The van der Waals surface area contributed by atoms with E-state index < -0.39 is 0 Å². The SMILES string of the molecule is O=C(c1cc(-c2ccncc2)nc2ccccc12)N(Cc1nc2ccccc2c(=O)[nH]1)CC1CCCO1. The minimum atomic E-state index is -0.223. The fourth-order valence-corrected chi connectivity index (χ4v) is 4.84. The van der Waals surface area contributed by atoms with Gasteiger partial charge in [-0.2, -0.15) is 0 Å². The van der Waals surface area contributed by atoms with Gasteiger partial charge in [0.25, 0.3) is 11.5 Å². The second-order valence-corrected chi connectivity index (χ2v) is 9.16. The Hall–Kier alpha value is -4.43. The summed E-state index contributed by atoms with van der Waals surface area (Å²) >= 11 is 0. The van der Waals surface area contributed by atoms with Crippen LogP contribution in [-0.2, 0) is 11.3 Å². The summed E-state index contributed by atoms with van der Waals surface area (Å²) in [5, 5.41) is 1.29. The highest BCUT2D eigenvalue weighted by Gasteiger charge is 2.26. The molecule has 1 fully saturated rings. The molecule has 3 aromatic heterocycles. The van der Waals surface area contributed by atoms with Crippen LogP contribution >= 0.6 is 0 Å². The number of carbonyl (C=O) groups is 1. The molecule has 0 saturated carbocycles. The van der Waals surface area contributed by atoms with Crippen molar-refractivity contribution in [3.05, 3.63) is 101 Å². The van der Waals surface area contributed by atoms with E-state index in [1.54, 1.807) is 35.5 Å². The fourth-order valence-electron chi connectivity index (χ4n) is 4.84. The summed E-state index contributed by atoms with van der Waals surface area (Å²) in [4.78, 5) is 45.0. The molecule has 1 saturated heterocycles. The quantitative estimate of drug-likeness (QED) is 0.379. The minimum absolute atomic E-state index is 0.0658. The Morgan fingerprint density at radius 3 is 2.46 bits per heavy atom. The van der Waals surface area contributed by atoms with Gasteiger partial charge in [-0.25, -0.2) is 9.97 Å². The number of rotatable bonds is 6. The zero-order valence-electron chi connectivity index (χ0n) is 20.1. The number of hydrogen-bond donors (Lipinski definition) is 1. The van der Waals surface area contributed by atoms with Crippen molar-refractivity contribution in [3.63, 3.8) is 0 Å². The first-order valence-corrected chi connectivity index (χ1v) is 12.3. The van der Waals surface area contributed by atoms with Gasteiger partial charge >= 0.3 is 0 Å². The molecule has 1 N–H and O–H groups in total. The van der Waals surface area contributed by atoms with Crippen molar-refractivity contribution in [1.29, 1.82) is 0 Å². The van der Waals surface area contributed by atoms with Crippen LogP contribution in [0.25, 0.3) is 33.1 Å². The van der Waals surface area contributed by atoms with E-state index in [1.165, 1.54) is 0 Å². The summed E-state index contributed by atoms with van der Waals surface area (Å²) in [6, 6.07) is 20.4. The number of para-hydroxylation sites is 2. The molecule has 2 aromatic carbocycles. The van der Waals surface area contributed by atoms with Gasteiger partial charge in [-0.15, -0.1) is 0 Å². The third-order valence-electron chi connectivity index (χ3n) is 6.66. The Morgan fingerprint density at radius 2 is 1.70 bits per heavy atom. The first-order chi connectivity index (χ1) is 18.2. The number of benzene rings is 2. The maximum Gasteiger partial charge on any atom is 0.258 e. The predicted octanol–water partition coefficient (Wildman–Crippen LogP) is 4.35. The number of H-pyrrole nitrogens is 1. The van der Waals surface area contributed by atoms with Crippen molar-refractivity contribution in [2.24, 2.45) is 0 Å². The summed E-state index contributed by atoms with van der Waals surface area (Å²) in [7, 11) is 0. The average Bonchev–Trinajstić information content (AvgIpc) is 3.45. The van der Waals surface area contributed by atoms with Crippen molar-refractivity contribution >= 4 is 27.7 Å². The standard InChI is InChI=1S/C29H25N5O3/c35-28-22-8-2-4-10-25(22)32-27(33-28)18-34(17-20-6-5-15-37-20)29(36)23-16-26(19-11-13-30-14-12-19)31-24-9-3-1-7-21(23)24/h1-4,7-14,16,20H,5-6,15,17-18H2,(H,32,33,35). The Bertz CT molecular complexity index is 1640. The van der Waals surface area contributed by atoms with Gasteiger partial charge in [0, 0.05) is 36.5 Å². The zero-order valence-corrected chi connectivity index (χ0v) is 20.1. The molecule has 8 heteroatoms. The molecule has 0 radical (unpaired) electrons. The number of aromatic nitrogens is 4. The molecule has 6 rings (SSSR count). The van der Waals surface area contributed by atoms with E-state index in [0.717, 1.165) is 29.3 Å². The monoisotopic (exact) mass is 491 g/mol. The minimum Gasteiger partial charge on any atom is -0.376 e. The summed E-state index contributed by atoms with van der Waals surface area (Å²) in [5.41, 5.74) is 3.22.